The third kappa shape index (κ3) is 3.50. The van der Waals surface area contributed by atoms with Crippen molar-refractivity contribution in [2.75, 3.05) is 18.5 Å². The van der Waals surface area contributed by atoms with Crippen molar-refractivity contribution in [2.24, 2.45) is 0 Å². The Bertz CT molecular complexity index is 1020. The fraction of sp³-hybridized carbons (Fsp3) is 0.190. The van der Waals surface area contributed by atoms with Crippen molar-refractivity contribution in [3.8, 4) is 17.2 Å². The number of carboxylic acid groups (broad SMARTS) is 1. The summed E-state index contributed by atoms with van der Waals surface area (Å²) in [5, 5.41) is 19.3. The lowest BCUT2D eigenvalue weighted by Gasteiger charge is -2.18. The van der Waals surface area contributed by atoms with Gasteiger partial charge in [-0.05, 0) is 53.4 Å². The highest BCUT2D eigenvalue weighted by Crippen LogP contribution is 2.32. The molecule has 3 aromatic rings. The monoisotopic (exact) mass is 345 g/mol. The van der Waals surface area contributed by atoms with Crippen molar-refractivity contribution in [2.45, 2.75) is 13.3 Å². The van der Waals surface area contributed by atoms with Gasteiger partial charge in [0.2, 0.25) is 0 Å². The third-order valence-electron chi connectivity index (χ3n) is 4.33. The minimum Gasteiger partial charge on any atom is -0.480 e. The number of nitrogens with zero attached hydrogens (tertiary/aromatic N) is 3. The first kappa shape index (κ1) is 17.4. The van der Waals surface area contributed by atoms with E-state index in [0.29, 0.717) is 11.4 Å². The predicted molar refractivity (Wildman–Crippen MR) is 102 cm³/mol. The normalized spacial score (nSPS) is 10.5. The van der Waals surface area contributed by atoms with E-state index in [9.17, 15) is 10.1 Å². The summed E-state index contributed by atoms with van der Waals surface area (Å²) in [5.41, 5.74) is 4.43. The number of hydrogen-bond donors (Lipinski definition) is 1. The summed E-state index contributed by atoms with van der Waals surface area (Å²) in [7, 11) is 1.71. The highest BCUT2D eigenvalue weighted by molar-refractivity contribution is 5.97. The molecule has 1 aromatic heterocycles. The number of rotatable bonds is 5. The number of anilines is 1. The molecular weight excluding hydrogens is 326 g/mol. The predicted octanol–water partition coefficient (Wildman–Crippen LogP) is 3.86. The maximum Gasteiger partial charge on any atom is 0.323 e. The van der Waals surface area contributed by atoms with Crippen molar-refractivity contribution < 1.29 is 9.90 Å². The molecule has 2 aromatic carbocycles. The Balaban J connectivity index is 2.25. The van der Waals surface area contributed by atoms with Crippen LogP contribution in [0.4, 0.5) is 5.82 Å². The van der Waals surface area contributed by atoms with Gasteiger partial charge in [0.1, 0.15) is 12.4 Å². The van der Waals surface area contributed by atoms with Gasteiger partial charge in [0.25, 0.3) is 0 Å². The standard InChI is InChI=1S/C21H19N3O2/c1-3-14-7-8-19-18(10-14)17(16-6-4-5-15(9-16)12-22)11-20(23-19)24(2)13-21(25)26/h4-11H,3,13H2,1-2H3,(H,25,26). The topological polar surface area (TPSA) is 77.2 Å². The molecule has 0 atom stereocenters. The second-order valence-electron chi connectivity index (χ2n) is 6.18. The number of aliphatic carboxylic acids is 1. The average molecular weight is 345 g/mol. The molecule has 5 heteroatoms. The van der Waals surface area contributed by atoms with E-state index < -0.39 is 5.97 Å². The van der Waals surface area contributed by atoms with E-state index in [-0.39, 0.29) is 6.54 Å². The van der Waals surface area contributed by atoms with Crippen molar-refractivity contribution in [1.82, 2.24) is 4.98 Å². The Kier molecular flexibility index (Phi) is 4.85. The smallest absolute Gasteiger partial charge is 0.323 e. The van der Waals surface area contributed by atoms with Gasteiger partial charge in [-0.3, -0.25) is 4.79 Å². The van der Waals surface area contributed by atoms with Crippen LogP contribution >= 0.6 is 0 Å². The van der Waals surface area contributed by atoms with E-state index >= 15 is 0 Å². The summed E-state index contributed by atoms with van der Waals surface area (Å²) in [4.78, 5) is 17.3. The van der Waals surface area contributed by atoms with E-state index in [2.05, 4.69) is 24.0 Å². The minimum atomic E-state index is -0.913. The zero-order valence-electron chi connectivity index (χ0n) is 14.7. The fourth-order valence-corrected chi connectivity index (χ4v) is 2.95. The maximum atomic E-state index is 11.1. The number of pyridine rings is 1. The first-order chi connectivity index (χ1) is 12.5. The van der Waals surface area contributed by atoms with E-state index in [0.717, 1.165) is 28.5 Å². The number of likely N-dealkylation sites (N-methyl/N-ethyl adjacent to an activating group) is 1. The molecular formula is C21H19N3O2. The van der Waals surface area contributed by atoms with Crippen LogP contribution in [0, 0.1) is 11.3 Å². The van der Waals surface area contributed by atoms with Crippen LogP contribution in [-0.4, -0.2) is 29.7 Å². The number of carbonyl (C=O) groups is 1. The molecule has 0 radical (unpaired) electrons. The molecule has 0 unspecified atom stereocenters. The second kappa shape index (κ2) is 7.24. The van der Waals surface area contributed by atoms with Gasteiger partial charge in [0, 0.05) is 12.4 Å². The molecule has 1 N–H and O–H groups in total. The van der Waals surface area contributed by atoms with Gasteiger partial charge in [-0.15, -0.1) is 0 Å². The maximum absolute atomic E-state index is 11.1. The molecule has 1 heterocycles. The van der Waals surface area contributed by atoms with Crippen molar-refractivity contribution in [1.29, 1.82) is 5.26 Å². The van der Waals surface area contributed by atoms with Crippen LogP contribution in [0.5, 0.6) is 0 Å². The highest BCUT2D eigenvalue weighted by Gasteiger charge is 2.13. The Morgan fingerprint density at radius 1 is 1.23 bits per heavy atom. The fourth-order valence-electron chi connectivity index (χ4n) is 2.95. The molecule has 0 saturated heterocycles. The molecule has 0 spiro atoms. The molecule has 0 fully saturated rings. The van der Waals surface area contributed by atoms with Gasteiger partial charge >= 0.3 is 5.97 Å². The summed E-state index contributed by atoms with van der Waals surface area (Å²) in [6, 6.07) is 17.6. The van der Waals surface area contributed by atoms with E-state index in [1.165, 1.54) is 5.56 Å². The van der Waals surface area contributed by atoms with Crippen LogP contribution in [0.3, 0.4) is 0 Å². The lowest BCUT2D eigenvalue weighted by molar-refractivity contribution is -0.135. The molecule has 0 aliphatic heterocycles. The van der Waals surface area contributed by atoms with E-state index in [1.807, 2.05) is 36.4 Å². The number of nitriles is 1. The first-order valence-electron chi connectivity index (χ1n) is 8.39. The van der Waals surface area contributed by atoms with Crippen LogP contribution in [0.2, 0.25) is 0 Å². The van der Waals surface area contributed by atoms with Crippen molar-refractivity contribution >= 4 is 22.7 Å². The summed E-state index contributed by atoms with van der Waals surface area (Å²) in [5.74, 6) is -0.328. The zero-order valence-corrected chi connectivity index (χ0v) is 14.7. The van der Waals surface area contributed by atoms with E-state index in [1.54, 1.807) is 18.0 Å². The molecule has 3 rings (SSSR count). The van der Waals surface area contributed by atoms with Gasteiger partial charge in [-0.2, -0.15) is 5.26 Å². The molecule has 0 aliphatic rings. The Morgan fingerprint density at radius 3 is 2.73 bits per heavy atom. The molecule has 5 nitrogen and oxygen atoms in total. The van der Waals surface area contributed by atoms with Gasteiger partial charge in [-0.1, -0.05) is 25.1 Å². The Morgan fingerprint density at radius 2 is 2.04 bits per heavy atom. The number of carboxylic acids is 1. The molecule has 0 aliphatic carbocycles. The average Bonchev–Trinajstić information content (AvgIpc) is 2.66. The molecule has 26 heavy (non-hydrogen) atoms. The SMILES string of the molecule is CCc1ccc2nc(N(C)CC(=O)O)cc(-c3cccc(C#N)c3)c2c1. The second-order valence-corrected chi connectivity index (χ2v) is 6.18. The largest absolute Gasteiger partial charge is 0.480 e. The van der Waals surface area contributed by atoms with Crippen molar-refractivity contribution in [3.63, 3.8) is 0 Å². The Hall–Kier alpha value is -3.39. The van der Waals surface area contributed by atoms with Gasteiger partial charge in [0.15, 0.2) is 0 Å². The van der Waals surface area contributed by atoms with Crippen LogP contribution in [-0.2, 0) is 11.2 Å². The molecule has 0 amide bonds. The summed E-state index contributed by atoms with van der Waals surface area (Å²) in [6.45, 7) is 1.96. The highest BCUT2D eigenvalue weighted by atomic mass is 16.4. The van der Waals surface area contributed by atoms with Crippen LogP contribution in [0.1, 0.15) is 18.1 Å². The zero-order chi connectivity index (χ0) is 18.7. The summed E-state index contributed by atoms with van der Waals surface area (Å²) in [6.07, 6.45) is 0.911. The van der Waals surface area contributed by atoms with Crippen molar-refractivity contribution in [3.05, 3.63) is 59.7 Å². The van der Waals surface area contributed by atoms with Gasteiger partial charge in [0.05, 0.1) is 17.1 Å². The third-order valence-corrected chi connectivity index (χ3v) is 4.33. The molecule has 130 valence electrons. The lowest BCUT2D eigenvalue weighted by Crippen LogP contribution is -2.26. The number of fused-ring (bicyclic) bond motifs is 1. The van der Waals surface area contributed by atoms with Gasteiger partial charge < -0.3 is 10.0 Å². The molecule has 0 bridgehead atoms. The van der Waals surface area contributed by atoms with Crippen LogP contribution < -0.4 is 4.90 Å². The number of benzene rings is 2. The number of hydrogen-bond acceptors (Lipinski definition) is 4. The van der Waals surface area contributed by atoms with Gasteiger partial charge in [-0.25, -0.2) is 4.98 Å². The minimum absolute atomic E-state index is 0.136. The number of aryl methyl sites for hydroxylation is 1. The summed E-state index contributed by atoms with van der Waals surface area (Å²) >= 11 is 0. The molecule has 0 saturated carbocycles. The van der Waals surface area contributed by atoms with Crippen LogP contribution in [0.25, 0.3) is 22.0 Å². The Labute approximate surface area is 152 Å². The summed E-state index contributed by atoms with van der Waals surface area (Å²) < 4.78 is 0. The lowest BCUT2D eigenvalue weighted by atomic mass is 9.97. The first-order valence-corrected chi connectivity index (χ1v) is 8.39. The van der Waals surface area contributed by atoms with E-state index in [4.69, 9.17) is 5.11 Å². The van der Waals surface area contributed by atoms with Crippen LogP contribution in [0.15, 0.2) is 48.5 Å². The number of aromatic nitrogens is 1. The quantitative estimate of drug-likeness (QED) is 0.760.